The van der Waals surface area contributed by atoms with Gasteiger partial charge in [0.25, 0.3) is 0 Å². The van der Waals surface area contributed by atoms with Gasteiger partial charge in [0.15, 0.2) is 5.13 Å². The first-order valence-corrected chi connectivity index (χ1v) is 13.5. The average Bonchev–Trinajstić information content (AvgIpc) is 3.19. The summed E-state index contributed by atoms with van der Waals surface area (Å²) in [5.41, 5.74) is 1.92. The second-order valence-electron chi connectivity index (χ2n) is 9.38. The molecule has 2 atom stereocenters. The fraction of sp³-hybridized carbons (Fsp3) is 0.542. The van der Waals surface area contributed by atoms with Crippen molar-refractivity contribution in [3.63, 3.8) is 0 Å². The minimum absolute atomic E-state index is 0.189. The fourth-order valence-electron chi connectivity index (χ4n) is 4.71. The predicted octanol–water partition coefficient (Wildman–Crippen LogP) is 4.92. The molecule has 0 bridgehead atoms. The van der Waals surface area contributed by atoms with Gasteiger partial charge < -0.3 is 20.5 Å². The van der Waals surface area contributed by atoms with E-state index in [1.807, 2.05) is 18.2 Å². The summed E-state index contributed by atoms with van der Waals surface area (Å²) in [7, 11) is 0. The highest BCUT2D eigenvalue weighted by atomic mass is 79.9. The van der Waals surface area contributed by atoms with Crippen molar-refractivity contribution in [2.75, 3.05) is 23.8 Å². The van der Waals surface area contributed by atoms with E-state index in [4.69, 9.17) is 19.7 Å². The number of morpholine rings is 1. The van der Waals surface area contributed by atoms with Crippen molar-refractivity contribution >= 4 is 54.4 Å². The number of rotatable bonds is 6. The van der Waals surface area contributed by atoms with Crippen molar-refractivity contribution < 1.29 is 9.84 Å². The molecule has 1 aromatic carbocycles. The van der Waals surface area contributed by atoms with Crippen molar-refractivity contribution in [1.29, 1.82) is 0 Å². The van der Waals surface area contributed by atoms with Crippen LogP contribution in [0.15, 0.2) is 28.7 Å². The zero-order valence-corrected chi connectivity index (χ0v) is 21.9. The number of aromatic nitrogens is 3. The lowest BCUT2D eigenvalue weighted by Gasteiger charge is -2.38. The predicted molar refractivity (Wildman–Crippen MR) is 140 cm³/mol. The molecule has 2 aliphatic rings. The van der Waals surface area contributed by atoms with Crippen LogP contribution in [-0.2, 0) is 11.3 Å². The van der Waals surface area contributed by atoms with E-state index >= 15 is 0 Å². The van der Waals surface area contributed by atoms with E-state index in [-0.39, 0.29) is 12.1 Å². The molecule has 0 amide bonds. The molecule has 3 heterocycles. The lowest BCUT2D eigenvalue weighted by atomic mass is 9.93. The molecule has 0 spiro atoms. The van der Waals surface area contributed by atoms with E-state index in [0.29, 0.717) is 18.0 Å². The summed E-state index contributed by atoms with van der Waals surface area (Å²) in [4.78, 5) is 16.8. The molecule has 1 saturated heterocycles. The minimum Gasteiger partial charge on any atom is -0.393 e. The van der Waals surface area contributed by atoms with E-state index < -0.39 is 0 Å². The second kappa shape index (κ2) is 10.4. The number of fused-ring (bicyclic) bond motifs is 1. The third-order valence-electron chi connectivity index (χ3n) is 6.59. The first-order chi connectivity index (χ1) is 16.4. The van der Waals surface area contributed by atoms with Gasteiger partial charge in [0.1, 0.15) is 5.82 Å². The standard InChI is InChI=1S/C24H31BrN6O2S/c1-14-12-33-13-15(2)31(14)11-18-10-22(29-23(27-18)26-17-4-6-19(32)7-5-17)30-24-28-20-8-3-16(25)9-21(20)34-24/h3,8-10,14-15,17,19,32H,4-7,11-13H2,1-2H3,(H2,26,27,28,29,30)/t14-,15-,17?,19?/m1/s1. The number of nitrogens with zero attached hydrogens (tertiary/aromatic N) is 4. The molecule has 8 nitrogen and oxygen atoms in total. The Bertz CT molecular complexity index is 1130. The molecule has 1 aliphatic carbocycles. The molecule has 2 aromatic heterocycles. The van der Waals surface area contributed by atoms with Crippen LogP contribution < -0.4 is 10.6 Å². The Morgan fingerprint density at radius 1 is 1.09 bits per heavy atom. The maximum atomic E-state index is 9.86. The van der Waals surface area contributed by atoms with Gasteiger partial charge in [0, 0.05) is 35.2 Å². The number of nitrogens with one attached hydrogen (secondary N) is 2. The average molecular weight is 548 g/mol. The Hall–Kier alpha value is -1.85. The van der Waals surface area contributed by atoms with Gasteiger partial charge in [-0.2, -0.15) is 4.98 Å². The second-order valence-corrected chi connectivity index (χ2v) is 11.3. The van der Waals surface area contributed by atoms with Crippen LogP contribution in [0.5, 0.6) is 0 Å². The van der Waals surface area contributed by atoms with Gasteiger partial charge in [0.05, 0.1) is 35.2 Å². The van der Waals surface area contributed by atoms with Gasteiger partial charge in [-0.3, -0.25) is 4.90 Å². The molecule has 34 heavy (non-hydrogen) atoms. The van der Waals surface area contributed by atoms with E-state index in [0.717, 1.165) is 76.8 Å². The Kier molecular flexibility index (Phi) is 7.31. The molecule has 3 aromatic rings. The molecule has 3 N–H and O–H groups in total. The highest BCUT2D eigenvalue weighted by Gasteiger charge is 2.26. The summed E-state index contributed by atoms with van der Waals surface area (Å²) >= 11 is 5.14. The topological polar surface area (TPSA) is 95.4 Å². The lowest BCUT2D eigenvalue weighted by molar-refractivity contribution is -0.0414. The number of anilines is 3. The molecular weight excluding hydrogens is 516 g/mol. The zero-order valence-electron chi connectivity index (χ0n) is 19.5. The Morgan fingerprint density at radius 3 is 2.62 bits per heavy atom. The quantitative estimate of drug-likeness (QED) is 0.401. The molecule has 182 valence electrons. The summed E-state index contributed by atoms with van der Waals surface area (Å²) in [6.45, 7) is 6.59. The van der Waals surface area contributed by atoms with Crippen LogP contribution in [0.25, 0.3) is 10.2 Å². The summed E-state index contributed by atoms with van der Waals surface area (Å²) in [6.07, 6.45) is 3.27. The van der Waals surface area contributed by atoms with Crippen LogP contribution in [0.4, 0.5) is 16.9 Å². The first kappa shape index (κ1) is 23.9. The van der Waals surface area contributed by atoms with Gasteiger partial charge >= 0.3 is 0 Å². The monoisotopic (exact) mass is 546 g/mol. The summed E-state index contributed by atoms with van der Waals surface area (Å²) in [6, 6.07) is 9.04. The van der Waals surface area contributed by atoms with Crippen LogP contribution in [-0.4, -0.2) is 62.4 Å². The number of halogens is 1. The molecule has 5 rings (SSSR count). The number of benzene rings is 1. The van der Waals surface area contributed by atoms with E-state index in [9.17, 15) is 5.11 Å². The molecule has 10 heteroatoms. The van der Waals surface area contributed by atoms with Crippen molar-refractivity contribution in [1.82, 2.24) is 19.9 Å². The summed E-state index contributed by atoms with van der Waals surface area (Å²) < 4.78 is 7.86. The summed E-state index contributed by atoms with van der Waals surface area (Å²) in [5, 5.41) is 17.6. The number of ether oxygens (including phenoxy) is 1. The number of aliphatic hydroxyl groups is 1. The first-order valence-electron chi connectivity index (χ1n) is 11.9. The van der Waals surface area contributed by atoms with Gasteiger partial charge in [-0.15, -0.1) is 0 Å². The van der Waals surface area contributed by atoms with Gasteiger partial charge in [-0.1, -0.05) is 27.3 Å². The maximum Gasteiger partial charge on any atom is 0.225 e. The number of thiazole rings is 1. The SMILES string of the molecule is C[C@@H]1COC[C@@H](C)N1Cc1cc(Nc2nc3ccc(Br)cc3s2)nc(NC2CCC(O)CC2)n1. The maximum absolute atomic E-state index is 9.86. The van der Waals surface area contributed by atoms with Gasteiger partial charge in [-0.05, 0) is 57.7 Å². The molecule has 1 aliphatic heterocycles. The van der Waals surface area contributed by atoms with Gasteiger partial charge in [-0.25, -0.2) is 9.97 Å². The van der Waals surface area contributed by atoms with Crippen LogP contribution in [0.2, 0.25) is 0 Å². The van der Waals surface area contributed by atoms with Crippen LogP contribution in [0, 0.1) is 0 Å². The molecular formula is C24H31BrN6O2S. The van der Waals surface area contributed by atoms with E-state index in [1.165, 1.54) is 0 Å². The molecule has 0 radical (unpaired) electrons. The molecule has 1 saturated carbocycles. The van der Waals surface area contributed by atoms with Crippen LogP contribution in [0.3, 0.4) is 0 Å². The van der Waals surface area contributed by atoms with E-state index in [1.54, 1.807) is 11.3 Å². The fourth-order valence-corrected chi connectivity index (χ4v) is 6.13. The van der Waals surface area contributed by atoms with Gasteiger partial charge in [0.2, 0.25) is 5.95 Å². The number of hydrogen-bond acceptors (Lipinski definition) is 9. The largest absolute Gasteiger partial charge is 0.393 e. The lowest BCUT2D eigenvalue weighted by Crippen LogP contribution is -2.49. The number of hydrogen-bond donors (Lipinski definition) is 3. The molecule has 2 fully saturated rings. The van der Waals surface area contributed by atoms with Crippen LogP contribution >= 0.6 is 27.3 Å². The van der Waals surface area contributed by atoms with Crippen LogP contribution in [0.1, 0.15) is 45.2 Å². The highest BCUT2D eigenvalue weighted by Crippen LogP contribution is 2.31. The normalized spacial score (nSPS) is 26.0. The Morgan fingerprint density at radius 2 is 1.85 bits per heavy atom. The number of aliphatic hydroxyl groups excluding tert-OH is 1. The van der Waals surface area contributed by atoms with E-state index in [2.05, 4.69) is 51.4 Å². The third kappa shape index (κ3) is 5.68. The van der Waals surface area contributed by atoms with Crippen molar-refractivity contribution in [2.45, 2.75) is 70.3 Å². The molecule has 0 unspecified atom stereocenters. The smallest absolute Gasteiger partial charge is 0.225 e. The highest BCUT2D eigenvalue weighted by molar-refractivity contribution is 9.10. The Labute approximate surface area is 212 Å². The van der Waals surface area contributed by atoms with Crippen molar-refractivity contribution in [3.05, 3.63) is 34.4 Å². The summed E-state index contributed by atoms with van der Waals surface area (Å²) in [5.74, 6) is 1.36. The Balaban J connectivity index is 1.40. The third-order valence-corrected chi connectivity index (χ3v) is 8.02. The zero-order chi connectivity index (χ0) is 23.7. The van der Waals surface area contributed by atoms with Crippen molar-refractivity contribution in [3.8, 4) is 0 Å². The van der Waals surface area contributed by atoms with Crippen molar-refractivity contribution in [2.24, 2.45) is 0 Å². The minimum atomic E-state index is -0.189.